The van der Waals surface area contributed by atoms with E-state index in [0.29, 0.717) is 5.92 Å². The second kappa shape index (κ2) is 7.03. The number of thiophene rings is 1. The predicted molar refractivity (Wildman–Crippen MR) is 90.3 cm³/mol. The summed E-state index contributed by atoms with van der Waals surface area (Å²) in [7, 11) is 0. The van der Waals surface area contributed by atoms with Crippen molar-refractivity contribution in [2.75, 3.05) is 6.54 Å². The van der Waals surface area contributed by atoms with Crippen LogP contribution in [0.5, 0.6) is 0 Å². The molecule has 1 aromatic heterocycles. The maximum absolute atomic E-state index is 13.4. The lowest BCUT2D eigenvalue weighted by Crippen LogP contribution is -2.27. The van der Waals surface area contributed by atoms with Crippen molar-refractivity contribution in [3.05, 3.63) is 56.4 Å². The monoisotopic (exact) mass is 367 g/mol. The largest absolute Gasteiger partial charge is 0.314 e. The highest BCUT2D eigenvalue weighted by Crippen LogP contribution is 2.25. The Morgan fingerprint density at radius 3 is 2.81 bits per heavy atom. The minimum atomic E-state index is -0.139. The summed E-state index contributed by atoms with van der Waals surface area (Å²) in [5.41, 5.74) is 1.09. The minimum absolute atomic E-state index is 0.139. The lowest BCUT2D eigenvalue weighted by atomic mass is 9.95. The highest BCUT2D eigenvalue weighted by atomic mass is 79.9. The van der Waals surface area contributed by atoms with Crippen LogP contribution in [0.15, 0.2) is 40.2 Å². The van der Waals surface area contributed by atoms with E-state index in [4.69, 9.17) is 0 Å². The first kappa shape index (κ1) is 15.2. The molecule has 21 heavy (non-hydrogen) atoms. The van der Waals surface area contributed by atoms with Crippen LogP contribution >= 0.6 is 27.3 Å². The van der Waals surface area contributed by atoms with Gasteiger partial charge in [-0.3, -0.25) is 0 Å². The fourth-order valence-electron chi connectivity index (χ4n) is 2.58. The van der Waals surface area contributed by atoms with Crippen LogP contribution in [0.1, 0.15) is 23.3 Å². The Labute approximate surface area is 137 Å². The topological polar surface area (TPSA) is 12.0 Å². The maximum atomic E-state index is 13.4. The number of benzene rings is 1. The molecule has 0 spiro atoms. The lowest BCUT2D eigenvalue weighted by molar-refractivity contribution is 0.470. The van der Waals surface area contributed by atoms with Crippen LogP contribution in [0.3, 0.4) is 0 Å². The summed E-state index contributed by atoms with van der Waals surface area (Å²) in [6.07, 6.45) is 4.58. The molecule has 1 aliphatic carbocycles. The SMILES string of the molecule is Fc1cccc(CC(CNC2CC2)Cc2cc(Br)cs2)c1. The van der Waals surface area contributed by atoms with Gasteiger partial charge >= 0.3 is 0 Å². The molecular weight excluding hydrogens is 349 g/mol. The molecule has 0 amide bonds. The van der Waals surface area contributed by atoms with Gasteiger partial charge in [-0.25, -0.2) is 4.39 Å². The molecule has 2 aromatic rings. The molecule has 0 saturated heterocycles. The maximum Gasteiger partial charge on any atom is 0.123 e. The van der Waals surface area contributed by atoms with Crippen molar-refractivity contribution in [2.24, 2.45) is 5.92 Å². The molecule has 4 heteroatoms. The fourth-order valence-corrected chi connectivity index (χ4v) is 4.15. The third-order valence-corrected chi connectivity index (χ3v) is 5.52. The van der Waals surface area contributed by atoms with Gasteiger partial charge in [-0.15, -0.1) is 11.3 Å². The zero-order chi connectivity index (χ0) is 14.7. The predicted octanol–water partition coefficient (Wildman–Crippen LogP) is 4.80. The Balaban J connectivity index is 1.65. The third-order valence-electron chi connectivity index (χ3n) is 3.80. The van der Waals surface area contributed by atoms with E-state index in [1.165, 1.54) is 23.8 Å². The van der Waals surface area contributed by atoms with E-state index in [1.54, 1.807) is 23.5 Å². The summed E-state index contributed by atoms with van der Waals surface area (Å²) < 4.78 is 14.5. The molecule has 0 aliphatic heterocycles. The van der Waals surface area contributed by atoms with Crippen LogP contribution in [0.2, 0.25) is 0 Å². The summed E-state index contributed by atoms with van der Waals surface area (Å²) >= 11 is 5.31. The molecule has 1 aliphatic rings. The van der Waals surface area contributed by atoms with Gasteiger partial charge in [0.15, 0.2) is 0 Å². The average molecular weight is 368 g/mol. The van der Waals surface area contributed by atoms with Gasteiger partial charge in [0.05, 0.1) is 0 Å². The van der Waals surface area contributed by atoms with Gasteiger partial charge in [0.2, 0.25) is 0 Å². The average Bonchev–Trinajstić information content (AvgIpc) is 3.19. The first-order valence-electron chi connectivity index (χ1n) is 7.40. The van der Waals surface area contributed by atoms with Crippen molar-refractivity contribution in [3.63, 3.8) is 0 Å². The van der Waals surface area contributed by atoms with E-state index >= 15 is 0 Å². The molecule has 1 aromatic carbocycles. The zero-order valence-electron chi connectivity index (χ0n) is 11.8. The highest BCUT2D eigenvalue weighted by molar-refractivity contribution is 9.10. The quantitative estimate of drug-likeness (QED) is 0.740. The molecule has 112 valence electrons. The van der Waals surface area contributed by atoms with E-state index in [2.05, 4.69) is 32.7 Å². The van der Waals surface area contributed by atoms with Crippen molar-refractivity contribution in [1.29, 1.82) is 0 Å². The van der Waals surface area contributed by atoms with Gasteiger partial charge in [-0.05, 0) is 77.8 Å². The van der Waals surface area contributed by atoms with Crippen LogP contribution in [-0.4, -0.2) is 12.6 Å². The van der Waals surface area contributed by atoms with Gasteiger partial charge in [0.25, 0.3) is 0 Å². The number of hydrogen-bond acceptors (Lipinski definition) is 2. The molecule has 1 fully saturated rings. The fraction of sp³-hybridized carbons (Fsp3) is 0.412. The van der Waals surface area contributed by atoms with E-state index in [1.807, 2.05) is 6.07 Å². The van der Waals surface area contributed by atoms with Gasteiger partial charge in [-0.2, -0.15) is 0 Å². The van der Waals surface area contributed by atoms with E-state index in [0.717, 1.165) is 35.5 Å². The van der Waals surface area contributed by atoms with Gasteiger partial charge in [-0.1, -0.05) is 12.1 Å². The molecule has 1 nitrogen and oxygen atoms in total. The molecule has 1 unspecified atom stereocenters. The number of halogens is 2. The molecule has 3 rings (SSSR count). The Hall–Kier alpha value is -0.710. The summed E-state index contributed by atoms with van der Waals surface area (Å²) in [6.45, 7) is 1.01. The smallest absolute Gasteiger partial charge is 0.123 e. The molecule has 0 radical (unpaired) electrons. The molecule has 1 saturated carbocycles. The second-order valence-corrected chi connectivity index (χ2v) is 7.73. The number of hydrogen-bond donors (Lipinski definition) is 1. The Morgan fingerprint density at radius 2 is 2.14 bits per heavy atom. The van der Waals surface area contributed by atoms with Crippen LogP contribution in [0, 0.1) is 11.7 Å². The molecular formula is C17H19BrFNS. The van der Waals surface area contributed by atoms with Gasteiger partial charge in [0.1, 0.15) is 5.82 Å². The van der Waals surface area contributed by atoms with Crippen molar-refractivity contribution < 1.29 is 4.39 Å². The van der Waals surface area contributed by atoms with Crippen molar-refractivity contribution in [1.82, 2.24) is 5.32 Å². The Kier molecular flexibility index (Phi) is 5.09. The summed E-state index contributed by atoms with van der Waals surface area (Å²) in [6, 6.07) is 9.91. The Morgan fingerprint density at radius 1 is 1.29 bits per heavy atom. The van der Waals surface area contributed by atoms with Crippen molar-refractivity contribution >= 4 is 27.3 Å². The van der Waals surface area contributed by atoms with Crippen LogP contribution in [0.4, 0.5) is 4.39 Å². The Bertz CT molecular complexity index is 594. The second-order valence-electron chi connectivity index (χ2n) is 5.82. The standard InChI is InChI=1S/C17H19BrFNS/c18-14-9-17(21-11-14)8-13(10-20-16-4-5-16)6-12-2-1-3-15(19)7-12/h1-3,7,9,11,13,16,20H,4-6,8,10H2. The van der Waals surface area contributed by atoms with Crippen molar-refractivity contribution in [2.45, 2.75) is 31.7 Å². The first-order chi connectivity index (χ1) is 10.2. The van der Waals surface area contributed by atoms with Gasteiger partial charge in [0, 0.05) is 20.8 Å². The number of nitrogens with one attached hydrogen (secondary N) is 1. The summed E-state index contributed by atoms with van der Waals surface area (Å²) in [5, 5.41) is 5.75. The van der Waals surface area contributed by atoms with Crippen molar-refractivity contribution in [3.8, 4) is 0 Å². The molecule has 0 bridgehead atoms. The van der Waals surface area contributed by atoms with E-state index in [9.17, 15) is 4.39 Å². The van der Waals surface area contributed by atoms with Crippen LogP contribution in [-0.2, 0) is 12.8 Å². The minimum Gasteiger partial charge on any atom is -0.314 e. The highest BCUT2D eigenvalue weighted by Gasteiger charge is 2.22. The zero-order valence-corrected chi connectivity index (χ0v) is 14.2. The third kappa shape index (κ3) is 4.90. The summed E-state index contributed by atoms with van der Waals surface area (Å²) in [4.78, 5) is 1.39. The normalized spacial score (nSPS) is 16.1. The van der Waals surface area contributed by atoms with Crippen LogP contribution < -0.4 is 5.32 Å². The number of rotatable bonds is 7. The van der Waals surface area contributed by atoms with Crippen LogP contribution in [0.25, 0.3) is 0 Å². The summed E-state index contributed by atoms with van der Waals surface area (Å²) in [5.74, 6) is 0.373. The molecule has 1 heterocycles. The van der Waals surface area contributed by atoms with E-state index in [-0.39, 0.29) is 5.82 Å². The lowest BCUT2D eigenvalue weighted by Gasteiger charge is -2.17. The van der Waals surface area contributed by atoms with Gasteiger partial charge < -0.3 is 5.32 Å². The first-order valence-corrected chi connectivity index (χ1v) is 9.07. The van der Waals surface area contributed by atoms with E-state index < -0.39 is 0 Å². The molecule has 1 atom stereocenters. The molecule has 1 N–H and O–H groups in total.